The van der Waals surface area contributed by atoms with Gasteiger partial charge in [0, 0.05) is 18.4 Å². The monoisotopic (exact) mass is 298 g/mol. The van der Waals surface area contributed by atoms with E-state index in [9.17, 15) is 14.7 Å². The highest BCUT2D eigenvalue weighted by Crippen LogP contribution is 2.25. The Hall–Kier alpha value is -1.36. The molecule has 1 fully saturated rings. The number of hydrogen-bond acceptors (Lipinski definition) is 5. The maximum atomic E-state index is 11.8. The van der Waals surface area contributed by atoms with E-state index in [0.717, 1.165) is 6.42 Å². The fourth-order valence-corrected chi connectivity index (χ4v) is 2.09. The van der Waals surface area contributed by atoms with Gasteiger partial charge in [-0.3, -0.25) is 4.79 Å². The van der Waals surface area contributed by atoms with Crippen molar-refractivity contribution in [2.75, 3.05) is 6.61 Å². The van der Waals surface area contributed by atoms with Crippen molar-refractivity contribution in [3.05, 3.63) is 11.6 Å². The number of esters is 2. The molecule has 120 valence electrons. The number of cyclic esters (lactones) is 1. The van der Waals surface area contributed by atoms with Gasteiger partial charge in [-0.1, -0.05) is 33.8 Å². The first-order chi connectivity index (χ1) is 9.83. The molecule has 0 aliphatic carbocycles. The van der Waals surface area contributed by atoms with Crippen LogP contribution in [0.1, 0.15) is 47.0 Å². The lowest BCUT2D eigenvalue weighted by Gasteiger charge is -2.20. The third-order valence-corrected chi connectivity index (χ3v) is 3.23. The van der Waals surface area contributed by atoms with Crippen LogP contribution in [-0.4, -0.2) is 35.9 Å². The van der Waals surface area contributed by atoms with Crippen molar-refractivity contribution in [1.82, 2.24) is 0 Å². The predicted octanol–water partition coefficient (Wildman–Crippen LogP) is 2.22. The van der Waals surface area contributed by atoms with Crippen LogP contribution in [0, 0.1) is 11.8 Å². The molecular formula is C16H26O5. The Bertz CT molecular complexity index is 397. The third-order valence-electron chi connectivity index (χ3n) is 3.23. The zero-order valence-corrected chi connectivity index (χ0v) is 13.3. The van der Waals surface area contributed by atoms with E-state index in [4.69, 9.17) is 9.47 Å². The number of aliphatic hydroxyl groups excluding tert-OH is 1. The largest absolute Gasteiger partial charge is 0.456 e. The summed E-state index contributed by atoms with van der Waals surface area (Å²) in [5, 5.41) is 9.37. The summed E-state index contributed by atoms with van der Waals surface area (Å²) in [7, 11) is 0. The Labute approximate surface area is 126 Å². The molecule has 5 heteroatoms. The standard InChI is InChI=1S/C16H26O5/c1-10(2)5-6-12-8-13(21-16(12)19)14(9-17)20-15(18)7-11(3)4/h6,10-11,13-14,17H,5,7-9H2,1-4H3/b12-6+/t13?,14-/m0/s1. The van der Waals surface area contributed by atoms with E-state index >= 15 is 0 Å². The van der Waals surface area contributed by atoms with Gasteiger partial charge in [0.15, 0.2) is 6.10 Å². The zero-order chi connectivity index (χ0) is 16.0. The molecular weight excluding hydrogens is 272 g/mol. The molecule has 1 aliphatic rings. The number of rotatable bonds is 7. The molecule has 0 saturated carbocycles. The van der Waals surface area contributed by atoms with Gasteiger partial charge in [-0.15, -0.1) is 0 Å². The van der Waals surface area contributed by atoms with Gasteiger partial charge in [-0.05, 0) is 18.3 Å². The maximum Gasteiger partial charge on any atom is 0.334 e. The van der Waals surface area contributed by atoms with Crippen LogP contribution >= 0.6 is 0 Å². The van der Waals surface area contributed by atoms with E-state index in [0.29, 0.717) is 17.9 Å². The van der Waals surface area contributed by atoms with Gasteiger partial charge in [0.1, 0.15) is 6.10 Å². The smallest absolute Gasteiger partial charge is 0.334 e. The maximum absolute atomic E-state index is 11.8. The first-order valence-electron chi connectivity index (χ1n) is 7.53. The SMILES string of the molecule is CC(C)C/C=C1\CC([C@H](CO)OC(=O)CC(C)C)OC1=O. The average Bonchev–Trinajstić information content (AvgIpc) is 2.74. The molecule has 0 bridgehead atoms. The van der Waals surface area contributed by atoms with Crippen molar-refractivity contribution in [3.63, 3.8) is 0 Å². The van der Waals surface area contributed by atoms with Gasteiger partial charge >= 0.3 is 11.9 Å². The van der Waals surface area contributed by atoms with Gasteiger partial charge in [0.2, 0.25) is 0 Å². The summed E-state index contributed by atoms with van der Waals surface area (Å²) < 4.78 is 10.4. The summed E-state index contributed by atoms with van der Waals surface area (Å²) >= 11 is 0. The van der Waals surface area contributed by atoms with Gasteiger partial charge in [0.05, 0.1) is 6.61 Å². The Morgan fingerprint density at radius 3 is 2.57 bits per heavy atom. The van der Waals surface area contributed by atoms with Crippen molar-refractivity contribution in [3.8, 4) is 0 Å². The summed E-state index contributed by atoms with van der Waals surface area (Å²) in [4.78, 5) is 23.4. The van der Waals surface area contributed by atoms with Crippen LogP contribution in [0.25, 0.3) is 0 Å². The number of hydrogen-bond donors (Lipinski definition) is 1. The molecule has 21 heavy (non-hydrogen) atoms. The second kappa shape index (κ2) is 8.17. The first kappa shape index (κ1) is 17.7. The molecule has 5 nitrogen and oxygen atoms in total. The minimum Gasteiger partial charge on any atom is -0.456 e. The zero-order valence-electron chi connectivity index (χ0n) is 13.3. The quantitative estimate of drug-likeness (QED) is 0.576. The molecule has 1 unspecified atom stereocenters. The summed E-state index contributed by atoms with van der Waals surface area (Å²) in [6.45, 7) is 7.62. The minimum atomic E-state index is -0.787. The van der Waals surface area contributed by atoms with Crippen LogP contribution in [0.3, 0.4) is 0 Å². The lowest BCUT2D eigenvalue weighted by Crippen LogP contribution is -2.34. The summed E-state index contributed by atoms with van der Waals surface area (Å²) in [6, 6.07) is 0. The van der Waals surface area contributed by atoms with Crippen molar-refractivity contribution in [2.24, 2.45) is 11.8 Å². The van der Waals surface area contributed by atoms with E-state index in [2.05, 4.69) is 13.8 Å². The molecule has 1 saturated heterocycles. The van der Waals surface area contributed by atoms with E-state index in [-0.39, 0.29) is 30.9 Å². The second-order valence-corrected chi connectivity index (χ2v) is 6.32. The van der Waals surface area contributed by atoms with Gasteiger partial charge in [-0.2, -0.15) is 0 Å². The molecule has 2 atom stereocenters. The number of ether oxygens (including phenoxy) is 2. The fourth-order valence-electron chi connectivity index (χ4n) is 2.09. The van der Waals surface area contributed by atoms with Crippen LogP contribution in [0.4, 0.5) is 0 Å². The molecule has 0 aromatic heterocycles. The molecule has 0 amide bonds. The normalized spacial score (nSPS) is 22.0. The molecule has 0 spiro atoms. The Morgan fingerprint density at radius 2 is 2.05 bits per heavy atom. The highest BCUT2D eigenvalue weighted by molar-refractivity contribution is 5.90. The second-order valence-electron chi connectivity index (χ2n) is 6.32. The Kier molecular flexibility index (Phi) is 6.89. The van der Waals surface area contributed by atoms with E-state index in [1.54, 1.807) is 0 Å². The number of carbonyl (C=O) groups is 2. The Balaban J connectivity index is 2.61. The van der Waals surface area contributed by atoms with E-state index in [1.165, 1.54) is 0 Å². The van der Waals surface area contributed by atoms with Crippen LogP contribution in [-0.2, 0) is 19.1 Å². The molecule has 1 N–H and O–H groups in total. The average molecular weight is 298 g/mol. The van der Waals surface area contributed by atoms with Crippen molar-refractivity contribution in [2.45, 2.75) is 59.2 Å². The molecule has 1 aliphatic heterocycles. The topological polar surface area (TPSA) is 72.8 Å². The molecule has 0 radical (unpaired) electrons. The van der Waals surface area contributed by atoms with Gasteiger partial charge in [0.25, 0.3) is 0 Å². The number of aliphatic hydroxyl groups is 1. The molecule has 0 aromatic rings. The highest BCUT2D eigenvalue weighted by atomic mass is 16.6. The van der Waals surface area contributed by atoms with Crippen LogP contribution < -0.4 is 0 Å². The summed E-state index contributed by atoms with van der Waals surface area (Å²) in [6.07, 6.45) is 1.96. The molecule has 1 rings (SSSR count). The predicted molar refractivity (Wildman–Crippen MR) is 78.5 cm³/mol. The van der Waals surface area contributed by atoms with Gasteiger partial charge < -0.3 is 14.6 Å². The van der Waals surface area contributed by atoms with Crippen molar-refractivity contribution >= 4 is 11.9 Å². The fraction of sp³-hybridized carbons (Fsp3) is 0.750. The number of allylic oxidation sites excluding steroid dienone is 1. The van der Waals surface area contributed by atoms with Crippen molar-refractivity contribution < 1.29 is 24.2 Å². The first-order valence-corrected chi connectivity index (χ1v) is 7.53. The lowest BCUT2D eigenvalue weighted by molar-refractivity contribution is -0.164. The Morgan fingerprint density at radius 1 is 1.38 bits per heavy atom. The summed E-state index contributed by atoms with van der Waals surface area (Å²) in [5.41, 5.74) is 0.604. The van der Waals surface area contributed by atoms with Crippen molar-refractivity contribution in [1.29, 1.82) is 0 Å². The van der Waals surface area contributed by atoms with Gasteiger partial charge in [-0.25, -0.2) is 4.79 Å². The third kappa shape index (κ3) is 5.87. The lowest BCUT2D eigenvalue weighted by atomic mass is 10.0. The van der Waals surface area contributed by atoms with Crippen LogP contribution in [0.15, 0.2) is 11.6 Å². The molecule has 0 aromatic carbocycles. The highest BCUT2D eigenvalue weighted by Gasteiger charge is 2.36. The van der Waals surface area contributed by atoms with Crippen LogP contribution in [0.5, 0.6) is 0 Å². The van der Waals surface area contributed by atoms with Crippen LogP contribution in [0.2, 0.25) is 0 Å². The van der Waals surface area contributed by atoms with E-state index < -0.39 is 12.2 Å². The summed E-state index contributed by atoms with van der Waals surface area (Å²) in [5.74, 6) is -0.106. The van der Waals surface area contributed by atoms with E-state index in [1.807, 2.05) is 19.9 Å². The minimum absolute atomic E-state index is 0.185. The molecule has 1 heterocycles. The number of carbonyl (C=O) groups excluding carboxylic acids is 2.